The zero-order chi connectivity index (χ0) is 29.3. The van der Waals surface area contributed by atoms with Crippen LogP contribution in [0.25, 0.3) is 0 Å². The molecule has 1 aromatic carbocycles. The third-order valence-electron chi connectivity index (χ3n) is 7.39. The van der Waals surface area contributed by atoms with Gasteiger partial charge in [-0.25, -0.2) is 0 Å². The molecule has 9 nitrogen and oxygen atoms in total. The lowest BCUT2D eigenvalue weighted by atomic mass is 9.76. The number of alkyl halides is 3. The van der Waals surface area contributed by atoms with Gasteiger partial charge in [0.15, 0.2) is 0 Å². The summed E-state index contributed by atoms with van der Waals surface area (Å²) >= 11 is 0. The number of nitrogens with zero attached hydrogens (tertiary/aromatic N) is 2. The molecule has 1 saturated carbocycles. The summed E-state index contributed by atoms with van der Waals surface area (Å²) in [5, 5.41) is 28.3. The summed E-state index contributed by atoms with van der Waals surface area (Å²) in [7, 11) is 0. The molecule has 1 saturated heterocycles. The molecule has 2 fully saturated rings. The molecule has 0 radical (unpaired) electrons. The van der Waals surface area contributed by atoms with Crippen molar-refractivity contribution >= 4 is 18.0 Å². The Morgan fingerprint density at radius 2 is 1.98 bits per heavy atom. The maximum atomic E-state index is 12.9. The molecule has 3 rings (SSSR count). The molecule has 40 heavy (non-hydrogen) atoms. The second kappa shape index (κ2) is 13.9. The first-order valence-corrected chi connectivity index (χ1v) is 13.3. The predicted octanol–water partition coefficient (Wildman–Crippen LogP) is 3.28. The van der Waals surface area contributed by atoms with Gasteiger partial charge in [0.1, 0.15) is 0 Å². The fraction of sp³-hybridized carbons (Fsp3) is 0.536. The largest absolute Gasteiger partial charge is 0.416 e. The van der Waals surface area contributed by atoms with E-state index in [1.165, 1.54) is 12.3 Å². The van der Waals surface area contributed by atoms with E-state index in [0.717, 1.165) is 18.2 Å². The van der Waals surface area contributed by atoms with Crippen molar-refractivity contribution in [1.82, 2.24) is 15.5 Å². The number of oxime groups is 1. The highest BCUT2D eigenvalue weighted by Crippen LogP contribution is 2.37. The van der Waals surface area contributed by atoms with Crippen molar-refractivity contribution in [1.29, 1.82) is 0 Å². The Bertz CT molecular complexity index is 1110. The van der Waals surface area contributed by atoms with Crippen LogP contribution >= 0.6 is 0 Å². The van der Waals surface area contributed by atoms with Crippen LogP contribution in [0.1, 0.15) is 55.5 Å². The van der Waals surface area contributed by atoms with Gasteiger partial charge in [0.05, 0.1) is 36.1 Å². The topological polar surface area (TPSA) is 123 Å². The number of ether oxygens (including phenoxy) is 1. The number of halogens is 3. The maximum absolute atomic E-state index is 12.9. The molecule has 1 aliphatic heterocycles. The number of rotatable bonds is 10. The highest BCUT2D eigenvalue weighted by Gasteiger charge is 2.42. The fourth-order valence-electron chi connectivity index (χ4n) is 5.37. The Morgan fingerprint density at radius 3 is 2.60 bits per heavy atom. The number of allylic oxidation sites excluding steroid dienone is 2. The molecular weight excluding hydrogens is 529 g/mol. The first kappa shape index (κ1) is 31.3. The minimum absolute atomic E-state index is 0.170. The van der Waals surface area contributed by atoms with Crippen LogP contribution in [-0.4, -0.2) is 83.3 Å². The van der Waals surface area contributed by atoms with Crippen LogP contribution in [0.4, 0.5) is 13.2 Å². The Labute approximate surface area is 231 Å². The Balaban J connectivity index is 1.56. The van der Waals surface area contributed by atoms with Crippen LogP contribution in [0.3, 0.4) is 0 Å². The SMILES string of the molecule is C\C=C/C(=C\C=N\O)C1(O)CCC(N2C[C@H](NC(=O)CNC(=O)c3cccc(C(F)(F)F)c3)[C@@H](OCC)C2)CC1. The molecule has 0 aromatic heterocycles. The van der Waals surface area contributed by atoms with Crippen molar-refractivity contribution in [2.75, 3.05) is 26.2 Å². The zero-order valence-electron chi connectivity index (χ0n) is 22.7. The molecule has 0 unspecified atom stereocenters. The van der Waals surface area contributed by atoms with Gasteiger partial charge < -0.3 is 25.7 Å². The minimum atomic E-state index is -4.58. The molecule has 1 aromatic rings. The molecule has 220 valence electrons. The summed E-state index contributed by atoms with van der Waals surface area (Å²) in [4.78, 5) is 27.2. The molecule has 1 heterocycles. The van der Waals surface area contributed by atoms with Gasteiger partial charge >= 0.3 is 6.18 Å². The number of carbonyl (C=O) groups is 2. The average Bonchev–Trinajstić information content (AvgIpc) is 3.31. The summed E-state index contributed by atoms with van der Waals surface area (Å²) in [6.45, 7) is 4.89. The monoisotopic (exact) mass is 566 g/mol. The van der Waals surface area contributed by atoms with Crippen LogP contribution in [0.5, 0.6) is 0 Å². The molecule has 12 heteroatoms. The summed E-state index contributed by atoms with van der Waals surface area (Å²) in [6.07, 6.45) is 4.08. The van der Waals surface area contributed by atoms with Crippen molar-refractivity contribution < 1.29 is 37.8 Å². The Kier molecular flexibility index (Phi) is 10.9. The van der Waals surface area contributed by atoms with Crippen molar-refractivity contribution in [3.8, 4) is 0 Å². The smallest absolute Gasteiger partial charge is 0.411 e. The predicted molar refractivity (Wildman–Crippen MR) is 143 cm³/mol. The maximum Gasteiger partial charge on any atom is 0.416 e. The van der Waals surface area contributed by atoms with Gasteiger partial charge in [0.25, 0.3) is 5.91 Å². The van der Waals surface area contributed by atoms with Gasteiger partial charge in [-0.1, -0.05) is 23.4 Å². The third kappa shape index (κ3) is 8.15. The van der Waals surface area contributed by atoms with Crippen molar-refractivity contribution in [2.45, 2.75) is 69.5 Å². The first-order chi connectivity index (χ1) is 19.0. The van der Waals surface area contributed by atoms with E-state index in [9.17, 15) is 27.9 Å². The summed E-state index contributed by atoms with van der Waals surface area (Å²) in [6, 6.07) is 3.85. The molecule has 1 aliphatic carbocycles. The van der Waals surface area contributed by atoms with Gasteiger partial charge in [-0.15, -0.1) is 0 Å². The molecule has 2 aliphatic rings. The normalized spacial score (nSPS) is 26.4. The van der Waals surface area contributed by atoms with Crippen molar-refractivity contribution in [3.05, 3.63) is 59.2 Å². The number of nitrogens with one attached hydrogen (secondary N) is 2. The van der Waals surface area contributed by atoms with E-state index in [2.05, 4.69) is 20.7 Å². The molecule has 2 atom stereocenters. The van der Waals surface area contributed by atoms with Crippen LogP contribution in [0.15, 0.2) is 53.2 Å². The van der Waals surface area contributed by atoms with Gasteiger partial charge in [0, 0.05) is 31.3 Å². The quantitative estimate of drug-likeness (QED) is 0.149. The average molecular weight is 567 g/mol. The van der Waals surface area contributed by atoms with Crippen LogP contribution in [0.2, 0.25) is 0 Å². The molecule has 2 amide bonds. The van der Waals surface area contributed by atoms with Gasteiger partial charge in [-0.2, -0.15) is 13.2 Å². The van der Waals surface area contributed by atoms with E-state index < -0.39 is 35.7 Å². The number of carbonyl (C=O) groups excluding carboxylic acids is 2. The van der Waals surface area contributed by atoms with Crippen molar-refractivity contribution in [2.24, 2.45) is 5.16 Å². The lowest BCUT2D eigenvalue weighted by Gasteiger charge is -2.40. The molecule has 0 spiro atoms. The van der Waals surface area contributed by atoms with Crippen molar-refractivity contribution in [3.63, 3.8) is 0 Å². The van der Waals surface area contributed by atoms with E-state index in [-0.39, 0.29) is 23.8 Å². The Morgan fingerprint density at radius 1 is 1.25 bits per heavy atom. The van der Waals surface area contributed by atoms with E-state index >= 15 is 0 Å². The van der Waals surface area contributed by atoms with Gasteiger partial charge in [-0.05, 0) is 69.4 Å². The van der Waals surface area contributed by atoms with Gasteiger partial charge in [-0.3, -0.25) is 14.5 Å². The number of hydrogen-bond donors (Lipinski definition) is 4. The summed E-state index contributed by atoms with van der Waals surface area (Å²) in [5.41, 5.74) is -1.48. The van der Waals surface area contributed by atoms with E-state index in [4.69, 9.17) is 9.94 Å². The molecular formula is C28H37F3N4O5. The summed E-state index contributed by atoms with van der Waals surface area (Å²) in [5.74, 6) is -1.25. The van der Waals surface area contributed by atoms with Crippen LogP contribution in [0, 0.1) is 0 Å². The fourth-order valence-corrected chi connectivity index (χ4v) is 5.37. The molecule has 0 bridgehead atoms. The number of likely N-dealkylation sites (tertiary alicyclic amines) is 1. The van der Waals surface area contributed by atoms with Crippen LogP contribution in [-0.2, 0) is 15.7 Å². The third-order valence-corrected chi connectivity index (χ3v) is 7.39. The number of aliphatic hydroxyl groups is 1. The van der Waals surface area contributed by atoms with E-state index in [1.807, 2.05) is 19.9 Å². The highest BCUT2D eigenvalue weighted by molar-refractivity contribution is 5.96. The molecule has 4 N–H and O–H groups in total. The Hall–Kier alpha value is -3.22. The second-order valence-electron chi connectivity index (χ2n) is 10.0. The highest BCUT2D eigenvalue weighted by atomic mass is 19.4. The van der Waals surface area contributed by atoms with Gasteiger partial charge in [0.2, 0.25) is 5.91 Å². The first-order valence-electron chi connectivity index (χ1n) is 13.3. The lowest BCUT2D eigenvalue weighted by Crippen LogP contribution is -2.48. The van der Waals surface area contributed by atoms with E-state index in [1.54, 1.807) is 12.2 Å². The number of amides is 2. The number of benzene rings is 1. The second-order valence-corrected chi connectivity index (χ2v) is 10.0. The minimum Gasteiger partial charge on any atom is -0.411 e. The lowest BCUT2D eigenvalue weighted by molar-refractivity contribution is -0.137. The zero-order valence-corrected chi connectivity index (χ0v) is 22.7. The van der Waals surface area contributed by atoms with E-state index in [0.29, 0.717) is 51.0 Å². The number of hydrogen-bond acceptors (Lipinski definition) is 7. The standard InChI is InChI=1S/C28H37F3N4O5/c1-3-6-20(11-14-33-39)27(38)12-9-22(10-13-27)35-17-23(24(18-35)40-4-2)34-25(36)16-32-26(37)19-7-5-8-21(15-19)28(29,30)31/h3,5-8,11,14-15,22-24,38-39H,4,9-10,12-13,16-18H2,1-2H3,(H,32,37)(H,34,36)/b6-3-,20-11+,33-14+/t22?,23-,24-,27?/m0/s1. The summed E-state index contributed by atoms with van der Waals surface area (Å²) < 4.78 is 44.7. The van der Waals surface area contributed by atoms with Crippen LogP contribution < -0.4 is 10.6 Å².